The van der Waals surface area contributed by atoms with Gasteiger partial charge in [0.25, 0.3) is 0 Å². The van der Waals surface area contributed by atoms with Crippen molar-refractivity contribution in [2.45, 2.75) is 6.54 Å². The van der Waals surface area contributed by atoms with Crippen LogP contribution in [0.1, 0.15) is 5.56 Å². The SMILES string of the molecule is Cn1nccc1-c1nc2ccc(NC(=O)NCc3ccncc3)cn2n1. The molecule has 0 aromatic carbocycles. The number of pyridine rings is 2. The van der Waals surface area contributed by atoms with Gasteiger partial charge in [-0.3, -0.25) is 9.67 Å². The van der Waals surface area contributed by atoms with Crippen LogP contribution in [0, 0.1) is 0 Å². The monoisotopic (exact) mass is 348 g/mol. The Labute approximate surface area is 148 Å². The Kier molecular flexibility index (Phi) is 4.02. The van der Waals surface area contributed by atoms with Crippen molar-refractivity contribution in [2.24, 2.45) is 7.05 Å². The second kappa shape index (κ2) is 6.63. The van der Waals surface area contributed by atoms with Crippen molar-refractivity contribution >= 4 is 17.4 Å². The van der Waals surface area contributed by atoms with Crippen LogP contribution in [0.25, 0.3) is 17.2 Å². The van der Waals surface area contributed by atoms with Crippen LogP contribution in [0.2, 0.25) is 0 Å². The minimum absolute atomic E-state index is 0.298. The van der Waals surface area contributed by atoms with Gasteiger partial charge in [0.2, 0.25) is 0 Å². The van der Waals surface area contributed by atoms with E-state index in [1.807, 2.05) is 25.2 Å². The first-order chi connectivity index (χ1) is 12.7. The lowest BCUT2D eigenvalue weighted by atomic mass is 10.3. The number of carbonyl (C=O) groups excluding carboxylic acids is 1. The molecule has 0 bridgehead atoms. The summed E-state index contributed by atoms with van der Waals surface area (Å²) in [6.07, 6.45) is 6.79. The molecule has 9 heteroatoms. The van der Waals surface area contributed by atoms with Gasteiger partial charge in [0.1, 0.15) is 5.69 Å². The lowest BCUT2D eigenvalue weighted by Gasteiger charge is -2.07. The van der Waals surface area contributed by atoms with Crippen LogP contribution < -0.4 is 10.6 Å². The average Bonchev–Trinajstić information content (AvgIpc) is 3.26. The van der Waals surface area contributed by atoms with Gasteiger partial charge < -0.3 is 10.6 Å². The van der Waals surface area contributed by atoms with Crippen molar-refractivity contribution in [1.29, 1.82) is 0 Å². The van der Waals surface area contributed by atoms with Crippen LogP contribution in [0.5, 0.6) is 0 Å². The summed E-state index contributed by atoms with van der Waals surface area (Å²) in [5.74, 6) is 0.573. The maximum Gasteiger partial charge on any atom is 0.319 e. The number of urea groups is 1. The zero-order chi connectivity index (χ0) is 17.9. The number of anilines is 1. The van der Waals surface area contributed by atoms with Crippen molar-refractivity contribution < 1.29 is 4.79 Å². The third-order valence-electron chi connectivity index (χ3n) is 3.84. The predicted molar refractivity (Wildman–Crippen MR) is 95.3 cm³/mol. The van der Waals surface area contributed by atoms with Crippen molar-refractivity contribution in [3.05, 3.63) is 60.7 Å². The van der Waals surface area contributed by atoms with E-state index >= 15 is 0 Å². The Bertz CT molecular complexity index is 1050. The highest BCUT2D eigenvalue weighted by molar-refractivity contribution is 5.89. The van der Waals surface area contributed by atoms with Gasteiger partial charge in [-0.25, -0.2) is 14.3 Å². The van der Waals surface area contributed by atoms with Crippen LogP contribution in [-0.2, 0) is 13.6 Å². The molecule has 4 aromatic rings. The lowest BCUT2D eigenvalue weighted by Crippen LogP contribution is -2.28. The van der Waals surface area contributed by atoms with Gasteiger partial charge in [0.15, 0.2) is 11.5 Å². The van der Waals surface area contributed by atoms with E-state index < -0.39 is 0 Å². The summed E-state index contributed by atoms with van der Waals surface area (Å²) in [5.41, 5.74) is 3.09. The number of hydrogen-bond donors (Lipinski definition) is 2. The van der Waals surface area contributed by atoms with E-state index in [-0.39, 0.29) is 6.03 Å². The molecule has 2 N–H and O–H groups in total. The standard InChI is InChI=1S/C17H16N8O/c1-24-14(6-9-20-24)16-22-15-3-2-13(11-25(15)23-16)21-17(26)19-10-12-4-7-18-8-5-12/h2-9,11H,10H2,1H3,(H2,19,21,26). The number of aromatic nitrogens is 6. The molecule has 130 valence electrons. The maximum absolute atomic E-state index is 12.1. The molecule has 4 aromatic heterocycles. The summed E-state index contributed by atoms with van der Waals surface area (Å²) in [6.45, 7) is 0.421. The number of nitrogens with one attached hydrogen (secondary N) is 2. The largest absolute Gasteiger partial charge is 0.334 e. The summed E-state index contributed by atoms with van der Waals surface area (Å²) >= 11 is 0. The normalized spacial score (nSPS) is 10.8. The van der Waals surface area contributed by atoms with Gasteiger partial charge in [0, 0.05) is 32.2 Å². The zero-order valence-electron chi connectivity index (χ0n) is 14.0. The fourth-order valence-electron chi connectivity index (χ4n) is 2.52. The van der Waals surface area contributed by atoms with Gasteiger partial charge >= 0.3 is 6.03 Å². The van der Waals surface area contributed by atoms with E-state index in [2.05, 4.69) is 30.8 Å². The van der Waals surface area contributed by atoms with Crippen molar-refractivity contribution in [3.8, 4) is 11.5 Å². The first kappa shape index (κ1) is 15.8. The van der Waals surface area contributed by atoms with Crippen LogP contribution in [-0.4, -0.2) is 35.4 Å². The number of aryl methyl sites for hydroxylation is 1. The summed E-state index contributed by atoms with van der Waals surface area (Å²) < 4.78 is 3.33. The minimum Gasteiger partial charge on any atom is -0.334 e. The predicted octanol–water partition coefficient (Wildman–Crippen LogP) is 1.85. The van der Waals surface area contributed by atoms with Gasteiger partial charge in [-0.1, -0.05) is 0 Å². The molecule has 0 saturated heterocycles. The van der Waals surface area contributed by atoms with Gasteiger partial charge in [-0.2, -0.15) is 5.10 Å². The maximum atomic E-state index is 12.1. The van der Waals surface area contributed by atoms with E-state index in [1.165, 1.54) is 0 Å². The van der Waals surface area contributed by atoms with E-state index in [0.29, 0.717) is 23.7 Å². The molecule has 9 nitrogen and oxygen atoms in total. The molecule has 0 aliphatic heterocycles. The highest BCUT2D eigenvalue weighted by Crippen LogP contribution is 2.16. The number of hydrogen-bond acceptors (Lipinski definition) is 5. The van der Waals surface area contributed by atoms with E-state index in [9.17, 15) is 4.79 Å². The molecule has 0 fully saturated rings. The third-order valence-corrected chi connectivity index (χ3v) is 3.84. The Balaban J connectivity index is 1.47. The summed E-state index contributed by atoms with van der Waals surface area (Å²) in [4.78, 5) is 20.5. The highest BCUT2D eigenvalue weighted by Gasteiger charge is 2.10. The molecule has 4 heterocycles. The fourth-order valence-corrected chi connectivity index (χ4v) is 2.52. The molecule has 26 heavy (non-hydrogen) atoms. The Morgan fingerprint density at radius 3 is 2.73 bits per heavy atom. The molecule has 0 spiro atoms. The number of nitrogens with zero attached hydrogens (tertiary/aromatic N) is 6. The van der Waals surface area contributed by atoms with Gasteiger partial charge in [-0.15, -0.1) is 5.10 Å². The Hall–Kier alpha value is -3.75. The Morgan fingerprint density at radius 1 is 1.12 bits per heavy atom. The van der Waals surface area contributed by atoms with Crippen molar-refractivity contribution in [3.63, 3.8) is 0 Å². The first-order valence-electron chi connectivity index (χ1n) is 7.97. The van der Waals surface area contributed by atoms with Crippen molar-refractivity contribution in [2.75, 3.05) is 5.32 Å². The fraction of sp³-hybridized carbons (Fsp3) is 0.118. The second-order valence-corrected chi connectivity index (χ2v) is 5.66. The number of fused-ring (bicyclic) bond motifs is 1. The molecule has 2 amide bonds. The molecule has 0 aliphatic carbocycles. The molecule has 0 unspecified atom stereocenters. The summed E-state index contributed by atoms with van der Waals surface area (Å²) in [6, 6.07) is 8.83. The van der Waals surface area contributed by atoms with Crippen LogP contribution >= 0.6 is 0 Å². The van der Waals surface area contributed by atoms with E-state index in [0.717, 1.165) is 11.3 Å². The summed E-state index contributed by atoms with van der Waals surface area (Å²) in [5, 5.41) is 14.2. The number of amides is 2. The quantitative estimate of drug-likeness (QED) is 0.586. The zero-order valence-corrected chi connectivity index (χ0v) is 14.0. The molecular weight excluding hydrogens is 332 g/mol. The van der Waals surface area contributed by atoms with Crippen LogP contribution in [0.3, 0.4) is 0 Å². The minimum atomic E-state index is -0.298. The molecule has 0 saturated carbocycles. The molecule has 0 atom stereocenters. The van der Waals surface area contributed by atoms with Gasteiger partial charge in [-0.05, 0) is 35.9 Å². The molecular formula is C17H16N8O. The van der Waals surface area contributed by atoms with E-state index in [1.54, 1.807) is 46.1 Å². The second-order valence-electron chi connectivity index (χ2n) is 5.66. The number of carbonyl (C=O) groups is 1. The molecule has 0 aliphatic rings. The molecule has 4 rings (SSSR count). The Morgan fingerprint density at radius 2 is 1.96 bits per heavy atom. The van der Waals surface area contributed by atoms with E-state index in [4.69, 9.17) is 0 Å². The van der Waals surface area contributed by atoms with Crippen LogP contribution in [0.4, 0.5) is 10.5 Å². The molecule has 0 radical (unpaired) electrons. The smallest absolute Gasteiger partial charge is 0.319 e. The number of rotatable bonds is 4. The third kappa shape index (κ3) is 3.22. The van der Waals surface area contributed by atoms with Crippen molar-refractivity contribution in [1.82, 2.24) is 34.7 Å². The topological polar surface area (TPSA) is 102 Å². The lowest BCUT2D eigenvalue weighted by molar-refractivity contribution is 0.251. The highest BCUT2D eigenvalue weighted by atomic mass is 16.2. The van der Waals surface area contributed by atoms with Gasteiger partial charge in [0.05, 0.1) is 11.9 Å². The average molecular weight is 348 g/mol. The first-order valence-corrected chi connectivity index (χ1v) is 7.97. The summed E-state index contributed by atoms with van der Waals surface area (Å²) in [7, 11) is 1.83. The van der Waals surface area contributed by atoms with Crippen LogP contribution in [0.15, 0.2) is 55.1 Å².